The molecule has 0 atom stereocenters. The SMILES string of the molecule is CN(CC1(N(C)C)CCC1)c1ccc(/C=C/C(=O)O)cc1. The van der Waals surface area contributed by atoms with Gasteiger partial charge < -0.3 is 14.9 Å². The number of carboxylic acids is 1. The van der Waals surface area contributed by atoms with Crippen LogP contribution in [0.25, 0.3) is 6.08 Å². The van der Waals surface area contributed by atoms with E-state index in [-0.39, 0.29) is 0 Å². The van der Waals surface area contributed by atoms with Crippen molar-refractivity contribution in [2.45, 2.75) is 24.8 Å². The molecular formula is C17H24N2O2. The standard InChI is InChI=1S/C17H24N2O2/c1-18(2)17(11-4-12-17)13-19(3)15-8-5-14(6-9-15)7-10-16(20)21/h5-10H,4,11-13H2,1-3H3,(H,20,21)/b10-7+. The van der Waals surface area contributed by atoms with Crippen LogP contribution in [0, 0.1) is 0 Å². The smallest absolute Gasteiger partial charge is 0.328 e. The zero-order chi connectivity index (χ0) is 15.5. The summed E-state index contributed by atoms with van der Waals surface area (Å²) in [7, 11) is 6.44. The zero-order valence-electron chi connectivity index (χ0n) is 13.0. The average Bonchev–Trinajstić information content (AvgIpc) is 2.40. The molecular weight excluding hydrogens is 264 g/mol. The molecule has 4 nitrogen and oxygen atoms in total. The number of hydrogen-bond acceptors (Lipinski definition) is 3. The first kappa shape index (κ1) is 15.6. The molecule has 0 spiro atoms. The summed E-state index contributed by atoms with van der Waals surface area (Å²) in [6, 6.07) is 8.00. The van der Waals surface area contributed by atoms with Gasteiger partial charge in [-0.1, -0.05) is 12.1 Å². The Morgan fingerprint density at radius 3 is 2.29 bits per heavy atom. The topological polar surface area (TPSA) is 43.8 Å². The first-order valence-corrected chi connectivity index (χ1v) is 7.33. The molecule has 0 saturated heterocycles. The van der Waals surface area contributed by atoms with Crippen LogP contribution in [0.2, 0.25) is 0 Å². The molecule has 1 aliphatic carbocycles. The number of aliphatic carboxylic acids is 1. The van der Waals surface area contributed by atoms with Crippen molar-refractivity contribution in [3.8, 4) is 0 Å². The molecule has 0 radical (unpaired) electrons. The minimum absolute atomic E-state index is 0.302. The predicted molar refractivity (Wildman–Crippen MR) is 86.7 cm³/mol. The molecule has 1 aromatic carbocycles. The van der Waals surface area contributed by atoms with Crippen molar-refractivity contribution >= 4 is 17.7 Å². The number of anilines is 1. The van der Waals surface area contributed by atoms with Crippen LogP contribution in [0.5, 0.6) is 0 Å². The predicted octanol–water partition coefficient (Wildman–Crippen LogP) is 2.70. The van der Waals surface area contributed by atoms with Gasteiger partial charge in [-0.3, -0.25) is 0 Å². The van der Waals surface area contributed by atoms with Crippen LogP contribution in [0.1, 0.15) is 24.8 Å². The summed E-state index contributed by atoms with van der Waals surface area (Å²) in [5.74, 6) is -0.922. The molecule has 114 valence electrons. The molecule has 1 aliphatic rings. The summed E-state index contributed by atoms with van der Waals surface area (Å²) in [4.78, 5) is 15.1. The lowest BCUT2D eigenvalue weighted by Gasteiger charge is -2.49. The lowest BCUT2D eigenvalue weighted by atomic mass is 9.75. The van der Waals surface area contributed by atoms with E-state index in [0.29, 0.717) is 5.54 Å². The van der Waals surface area contributed by atoms with Crippen molar-refractivity contribution < 1.29 is 9.90 Å². The summed E-state index contributed by atoms with van der Waals surface area (Å²) in [5, 5.41) is 8.63. The van der Waals surface area contributed by atoms with Gasteiger partial charge in [0.15, 0.2) is 0 Å². The van der Waals surface area contributed by atoms with Crippen molar-refractivity contribution in [1.29, 1.82) is 0 Å². The Kier molecular flexibility index (Phi) is 4.68. The van der Waals surface area contributed by atoms with Crippen LogP contribution in [0.3, 0.4) is 0 Å². The molecule has 21 heavy (non-hydrogen) atoms. The second-order valence-electron chi connectivity index (χ2n) is 6.09. The van der Waals surface area contributed by atoms with E-state index in [9.17, 15) is 4.79 Å². The molecule has 0 aliphatic heterocycles. The molecule has 0 amide bonds. The first-order valence-electron chi connectivity index (χ1n) is 7.33. The Balaban J connectivity index is 2.03. The molecule has 0 bridgehead atoms. The summed E-state index contributed by atoms with van der Waals surface area (Å²) < 4.78 is 0. The lowest BCUT2D eigenvalue weighted by molar-refractivity contribution is -0.131. The van der Waals surface area contributed by atoms with E-state index in [4.69, 9.17) is 5.11 Å². The molecule has 1 N–H and O–H groups in total. The van der Waals surface area contributed by atoms with Crippen LogP contribution in [-0.4, -0.2) is 49.2 Å². The second-order valence-corrected chi connectivity index (χ2v) is 6.09. The van der Waals surface area contributed by atoms with Crippen LogP contribution < -0.4 is 4.90 Å². The molecule has 1 fully saturated rings. The lowest BCUT2D eigenvalue weighted by Crippen LogP contribution is -2.56. The highest BCUT2D eigenvalue weighted by atomic mass is 16.4. The number of rotatable bonds is 6. The normalized spacial score (nSPS) is 17.0. The van der Waals surface area contributed by atoms with E-state index < -0.39 is 5.97 Å². The number of hydrogen-bond donors (Lipinski definition) is 1. The van der Waals surface area contributed by atoms with Gasteiger partial charge in [0.2, 0.25) is 0 Å². The number of carboxylic acid groups (broad SMARTS) is 1. The fraction of sp³-hybridized carbons (Fsp3) is 0.471. The first-order chi connectivity index (χ1) is 9.93. The Hall–Kier alpha value is -1.81. The Morgan fingerprint density at radius 1 is 1.24 bits per heavy atom. The third kappa shape index (κ3) is 3.64. The van der Waals surface area contributed by atoms with E-state index in [1.807, 2.05) is 24.3 Å². The fourth-order valence-corrected chi connectivity index (χ4v) is 2.87. The van der Waals surface area contributed by atoms with Crippen LogP contribution in [0.15, 0.2) is 30.3 Å². The number of likely N-dealkylation sites (N-methyl/N-ethyl adjacent to an activating group) is 2. The van der Waals surface area contributed by atoms with Crippen molar-refractivity contribution in [1.82, 2.24) is 4.90 Å². The molecule has 0 heterocycles. The monoisotopic (exact) mass is 288 g/mol. The average molecular weight is 288 g/mol. The summed E-state index contributed by atoms with van der Waals surface area (Å²) in [5.41, 5.74) is 2.37. The maximum Gasteiger partial charge on any atom is 0.328 e. The number of nitrogens with zero attached hydrogens (tertiary/aromatic N) is 2. The van der Waals surface area contributed by atoms with E-state index in [1.54, 1.807) is 6.08 Å². The van der Waals surface area contributed by atoms with Gasteiger partial charge in [-0.15, -0.1) is 0 Å². The Labute approximate surface area is 126 Å². The summed E-state index contributed by atoms with van der Waals surface area (Å²) in [6.45, 7) is 1.02. The molecule has 2 rings (SSSR count). The van der Waals surface area contributed by atoms with Gasteiger partial charge in [-0.25, -0.2) is 4.79 Å². The van der Waals surface area contributed by atoms with Crippen molar-refractivity contribution in [3.63, 3.8) is 0 Å². The molecule has 4 heteroatoms. The minimum Gasteiger partial charge on any atom is -0.478 e. The molecule has 0 aromatic heterocycles. The van der Waals surface area contributed by atoms with Crippen molar-refractivity contribution in [2.24, 2.45) is 0 Å². The van der Waals surface area contributed by atoms with Crippen LogP contribution in [-0.2, 0) is 4.79 Å². The van der Waals surface area contributed by atoms with Gasteiger partial charge in [-0.2, -0.15) is 0 Å². The van der Waals surface area contributed by atoms with E-state index in [1.165, 1.54) is 19.3 Å². The Morgan fingerprint density at radius 2 is 1.86 bits per heavy atom. The van der Waals surface area contributed by atoms with Gasteiger partial charge in [-0.05, 0) is 57.1 Å². The highest BCUT2D eigenvalue weighted by molar-refractivity contribution is 5.85. The van der Waals surface area contributed by atoms with E-state index in [2.05, 4.69) is 30.9 Å². The van der Waals surface area contributed by atoms with Gasteiger partial charge in [0.05, 0.1) is 0 Å². The van der Waals surface area contributed by atoms with Crippen molar-refractivity contribution in [2.75, 3.05) is 32.6 Å². The van der Waals surface area contributed by atoms with Crippen molar-refractivity contribution in [3.05, 3.63) is 35.9 Å². The van der Waals surface area contributed by atoms with E-state index >= 15 is 0 Å². The van der Waals surface area contributed by atoms with Gasteiger partial charge >= 0.3 is 5.97 Å². The highest BCUT2D eigenvalue weighted by Crippen LogP contribution is 2.37. The van der Waals surface area contributed by atoms with Gasteiger partial charge in [0.1, 0.15) is 0 Å². The quantitative estimate of drug-likeness (QED) is 0.817. The summed E-state index contributed by atoms with van der Waals surface area (Å²) >= 11 is 0. The summed E-state index contributed by atoms with van der Waals surface area (Å²) in [6.07, 6.45) is 6.59. The minimum atomic E-state index is -0.922. The van der Waals surface area contributed by atoms with Crippen LogP contribution >= 0.6 is 0 Å². The van der Waals surface area contributed by atoms with E-state index in [0.717, 1.165) is 23.9 Å². The fourth-order valence-electron chi connectivity index (χ4n) is 2.87. The third-order valence-corrected chi connectivity index (χ3v) is 4.52. The van der Waals surface area contributed by atoms with Gasteiger partial charge in [0.25, 0.3) is 0 Å². The zero-order valence-corrected chi connectivity index (χ0v) is 13.0. The Bertz CT molecular complexity index is 516. The third-order valence-electron chi connectivity index (χ3n) is 4.52. The molecule has 1 aromatic rings. The maximum atomic E-state index is 10.5. The molecule has 1 saturated carbocycles. The largest absolute Gasteiger partial charge is 0.478 e. The highest BCUT2D eigenvalue weighted by Gasteiger charge is 2.39. The second kappa shape index (κ2) is 6.31. The number of carbonyl (C=O) groups is 1. The maximum absolute atomic E-state index is 10.5. The van der Waals surface area contributed by atoms with Gasteiger partial charge in [0, 0.05) is 30.9 Å². The number of benzene rings is 1. The molecule has 0 unspecified atom stereocenters. The van der Waals surface area contributed by atoms with Crippen LogP contribution in [0.4, 0.5) is 5.69 Å².